The maximum Gasteiger partial charge on any atom is 0.168 e. The molecule has 0 saturated heterocycles. The molecule has 0 aliphatic rings. The zero-order valence-electron chi connectivity index (χ0n) is 9.11. The Bertz CT molecular complexity index is 537. The number of nitrogens with zero attached hydrogens (tertiary/aromatic N) is 3. The smallest absolute Gasteiger partial charge is 0.168 e. The molecule has 0 saturated carbocycles. The Labute approximate surface area is 96.3 Å². The zero-order chi connectivity index (χ0) is 12.4. The van der Waals surface area contributed by atoms with Gasteiger partial charge < -0.3 is 11.1 Å². The molecule has 0 amide bonds. The number of hydrogen-bond acceptors (Lipinski definition) is 4. The molecular formula is C10H11F2N5. The van der Waals surface area contributed by atoms with Crippen molar-refractivity contribution >= 4 is 11.6 Å². The Kier molecular flexibility index (Phi) is 2.90. The Hall–Kier alpha value is -2.18. The van der Waals surface area contributed by atoms with Gasteiger partial charge in [-0.2, -0.15) is 5.10 Å². The fourth-order valence-electron chi connectivity index (χ4n) is 1.35. The van der Waals surface area contributed by atoms with Crippen molar-refractivity contribution in [1.29, 1.82) is 0 Å². The fraction of sp³-hybridized carbons (Fsp3) is 0.200. The molecular weight excluding hydrogens is 228 g/mol. The molecule has 2 rings (SSSR count). The summed E-state index contributed by atoms with van der Waals surface area (Å²) in [6.45, 7) is 0.325. The highest BCUT2D eigenvalue weighted by Gasteiger charge is 2.09. The van der Waals surface area contributed by atoms with E-state index >= 15 is 0 Å². The van der Waals surface area contributed by atoms with Crippen LogP contribution < -0.4 is 11.1 Å². The summed E-state index contributed by atoms with van der Waals surface area (Å²) in [6, 6.07) is 2.48. The molecule has 0 fully saturated rings. The number of aryl methyl sites for hydroxylation is 1. The van der Waals surface area contributed by atoms with Crippen LogP contribution in [0, 0.1) is 11.6 Å². The van der Waals surface area contributed by atoms with Crippen LogP contribution in [0.2, 0.25) is 0 Å². The van der Waals surface area contributed by atoms with Gasteiger partial charge in [-0.3, -0.25) is 4.68 Å². The molecule has 3 N–H and O–H groups in total. The molecule has 0 aromatic carbocycles. The van der Waals surface area contributed by atoms with Gasteiger partial charge in [0.1, 0.15) is 0 Å². The third-order valence-corrected chi connectivity index (χ3v) is 2.32. The summed E-state index contributed by atoms with van der Waals surface area (Å²) in [6.07, 6.45) is 1.62. The van der Waals surface area contributed by atoms with Gasteiger partial charge in [-0.1, -0.05) is 0 Å². The first-order chi connectivity index (χ1) is 8.08. The van der Waals surface area contributed by atoms with Gasteiger partial charge >= 0.3 is 0 Å². The predicted octanol–water partition coefficient (Wildman–Crippen LogP) is 1.29. The van der Waals surface area contributed by atoms with E-state index in [1.54, 1.807) is 24.0 Å². The van der Waals surface area contributed by atoms with E-state index in [2.05, 4.69) is 15.4 Å². The second-order valence-electron chi connectivity index (χ2n) is 3.49. The molecule has 0 radical (unpaired) electrons. The van der Waals surface area contributed by atoms with Gasteiger partial charge in [0, 0.05) is 19.3 Å². The van der Waals surface area contributed by atoms with E-state index in [9.17, 15) is 8.78 Å². The molecule has 0 aliphatic heterocycles. The molecule has 2 aromatic heterocycles. The number of hydrogen-bond donors (Lipinski definition) is 2. The summed E-state index contributed by atoms with van der Waals surface area (Å²) < 4.78 is 27.8. The lowest BCUT2D eigenvalue weighted by Crippen LogP contribution is -2.09. The molecule has 2 heterocycles. The molecule has 0 aliphatic carbocycles. The molecule has 0 bridgehead atoms. The van der Waals surface area contributed by atoms with Crippen LogP contribution >= 0.6 is 0 Å². The fourth-order valence-corrected chi connectivity index (χ4v) is 1.35. The van der Waals surface area contributed by atoms with E-state index in [0.29, 0.717) is 12.6 Å². The van der Waals surface area contributed by atoms with E-state index in [4.69, 9.17) is 5.73 Å². The van der Waals surface area contributed by atoms with Crippen LogP contribution in [-0.2, 0) is 13.6 Å². The summed E-state index contributed by atoms with van der Waals surface area (Å²) in [5.41, 5.74) is 6.10. The van der Waals surface area contributed by atoms with Crippen molar-refractivity contribution in [1.82, 2.24) is 14.8 Å². The first kappa shape index (κ1) is 11.3. The second-order valence-corrected chi connectivity index (χ2v) is 3.49. The Balaban J connectivity index is 2.14. The lowest BCUT2D eigenvalue weighted by atomic mass is 10.3. The molecule has 90 valence electrons. The lowest BCUT2D eigenvalue weighted by molar-refractivity contribution is 0.579. The van der Waals surface area contributed by atoms with Gasteiger partial charge in [-0.15, -0.1) is 0 Å². The minimum Gasteiger partial charge on any atom is -0.381 e. The highest BCUT2D eigenvalue weighted by atomic mass is 19.1. The van der Waals surface area contributed by atoms with Crippen LogP contribution in [-0.4, -0.2) is 14.8 Å². The van der Waals surface area contributed by atoms with Crippen LogP contribution in [0.5, 0.6) is 0 Å². The van der Waals surface area contributed by atoms with Crippen molar-refractivity contribution in [2.45, 2.75) is 6.54 Å². The molecule has 0 unspecified atom stereocenters. The third-order valence-electron chi connectivity index (χ3n) is 2.32. The molecule has 2 aromatic rings. The summed E-state index contributed by atoms with van der Waals surface area (Å²) >= 11 is 0. The van der Waals surface area contributed by atoms with Crippen LogP contribution in [0.15, 0.2) is 18.3 Å². The highest BCUT2D eigenvalue weighted by molar-refractivity contribution is 5.44. The summed E-state index contributed by atoms with van der Waals surface area (Å²) in [4.78, 5) is 3.59. The minimum absolute atomic E-state index is 0.0786. The Morgan fingerprint density at radius 1 is 1.41 bits per heavy atom. The average molecular weight is 239 g/mol. The van der Waals surface area contributed by atoms with Crippen molar-refractivity contribution in [3.8, 4) is 0 Å². The summed E-state index contributed by atoms with van der Waals surface area (Å²) in [7, 11) is 1.76. The number of aromatic nitrogens is 3. The maximum atomic E-state index is 13.3. The van der Waals surface area contributed by atoms with E-state index in [-0.39, 0.29) is 11.6 Å². The van der Waals surface area contributed by atoms with Crippen molar-refractivity contribution < 1.29 is 8.78 Å². The number of pyridine rings is 1. The van der Waals surface area contributed by atoms with E-state index < -0.39 is 11.6 Å². The number of anilines is 2. The van der Waals surface area contributed by atoms with Gasteiger partial charge in [0.15, 0.2) is 23.3 Å². The van der Waals surface area contributed by atoms with Crippen molar-refractivity contribution in [2.24, 2.45) is 7.05 Å². The summed E-state index contributed by atoms with van der Waals surface area (Å²) in [5.74, 6) is -2.06. The lowest BCUT2D eigenvalue weighted by Gasteiger charge is -2.08. The first-order valence-electron chi connectivity index (χ1n) is 4.90. The van der Waals surface area contributed by atoms with Crippen LogP contribution in [0.1, 0.15) is 5.69 Å². The normalized spacial score (nSPS) is 10.5. The average Bonchev–Trinajstić information content (AvgIpc) is 2.68. The molecule has 17 heavy (non-hydrogen) atoms. The SMILES string of the molecule is Cn1nccc1CNc1nc(N)c(F)cc1F. The van der Waals surface area contributed by atoms with Crippen molar-refractivity contribution in [3.05, 3.63) is 35.7 Å². The Morgan fingerprint density at radius 3 is 2.82 bits per heavy atom. The van der Waals surface area contributed by atoms with Gasteiger partial charge in [0.25, 0.3) is 0 Å². The Morgan fingerprint density at radius 2 is 2.18 bits per heavy atom. The minimum atomic E-state index is -0.867. The zero-order valence-corrected chi connectivity index (χ0v) is 9.11. The maximum absolute atomic E-state index is 13.3. The van der Waals surface area contributed by atoms with Gasteiger partial charge in [-0.25, -0.2) is 13.8 Å². The largest absolute Gasteiger partial charge is 0.381 e. The molecule has 7 heteroatoms. The third kappa shape index (κ3) is 2.32. The van der Waals surface area contributed by atoms with Crippen LogP contribution in [0.3, 0.4) is 0 Å². The first-order valence-corrected chi connectivity index (χ1v) is 4.90. The van der Waals surface area contributed by atoms with Gasteiger partial charge in [0.05, 0.1) is 12.2 Å². The highest BCUT2D eigenvalue weighted by Crippen LogP contribution is 2.17. The predicted molar refractivity (Wildman–Crippen MR) is 59.1 cm³/mol. The van der Waals surface area contributed by atoms with Crippen LogP contribution in [0.4, 0.5) is 20.4 Å². The number of halogens is 2. The number of nitrogens with two attached hydrogens (primary N) is 1. The number of nitrogen functional groups attached to an aromatic ring is 1. The second kappa shape index (κ2) is 4.36. The van der Waals surface area contributed by atoms with Crippen molar-refractivity contribution in [3.63, 3.8) is 0 Å². The molecule has 0 atom stereocenters. The van der Waals surface area contributed by atoms with E-state index in [1.165, 1.54) is 0 Å². The quantitative estimate of drug-likeness (QED) is 0.846. The molecule has 5 nitrogen and oxygen atoms in total. The molecule has 0 spiro atoms. The standard InChI is InChI=1S/C10H11F2N5/c1-17-6(2-3-15-17)5-14-10-8(12)4-7(11)9(13)16-10/h2-4H,5H2,1H3,(H3,13,14,16). The number of rotatable bonds is 3. The van der Waals surface area contributed by atoms with Gasteiger partial charge in [-0.05, 0) is 6.07 Å². The van der Waals surface area contributed by atoms with Crippen LogP contribution in [0.25, 0.3) is 0 Å². The van der Waals surface area contributed by atoms with E-state index in [0.717, 1.165) is 5.69 Å². The van der Waals surface area contributed by atoms with Crippen molar-refractivity contribution in [2.75, 3.05) is 11.1 Å². The van der Waals surface area contributed by atoms with E-state index in [1.807, 2.05) is 0 Å². The monoisotopic (exact) mass is 239 g/mol. The van der Waals surface area contributed by atoms with Gasteiger partial charge in [0.2, 0.25) is 0 Å². The summed E-state index contributed by atoms with van der Waals surface area (Å²) in [5, 5.41) is 6.69. The topological polar surface area (TPSA) is 68.8 Å². The number of nitrogens with one attached hydrogen (secondary N) is 1.